The molecule has 38 heavy (non-hydrogen) atoms. The molecule has 0 saturated carbocycles. The second-order valence-corrected chi connectivity index (χ2v) is 10.6. The zero-order chi connectivity index (χ0) is 27.0. The van der Waals surface area contributed by atoms with E-state index in [-0.39, 0.29) is 29.8 Å². The number of esters is 1. The highest BCUT2D eigenvalue weighted by atomic mass is 32.1. The minimum atomic E-state index is -0.308. The molecule has 1 aromatic carbocycles. The van der Waals surface area contributed by atoms with Crippen LogP contribution in [0.2, 0.25) is 0 Å². The normalized spacial score (nSPS) is 15.7. The first-order valence-electron chi connectivity index (χ1n) is 12.8. The number of aryl methyl sites for hydroxylation is 3. The van der Waals surface area contributed by atoms with Gasteiger partial charge in [-0.25, -0.2) is 9.67 Å². The standard InChI is InChI=1S/C28H31N5O4S/c1-5-37-27(36)20-9-7-11-31(15-20)24(34)14-22-16-38-28-29-19(4)25(26(35)32(22)28)23-13-18(3)33(30-23)21-10-6-8-17(2)12-21/h6,8,10,12-13,16,20H,5,7,9,11,14-15H2,1-4H3. The van der Waals surface area contributed by atoms with Crippen LogP contribution < -0.4 is 5.56 Å². The number of likely N-dealkylation sites (tertiary alicyclic amines) is 1. The number of thiazole rings is 1. The number of hydrogen-bond donors (Lipinski definition) is 0. The zero-order valence-corrected chi connectivity index (χ0v) is 22.9. The van der Waals surface area contributed by atoms with E-state index in [1.165, 1.54) is 15.7 Å². The number of amides is 1. The number of rotatable bonds is 6. The van der Waals surface area contributed by atoms with Crippen LogP contribution in [-0.2, 0) is 20.7 Å². The van der Waals surface area contributed by atoms with Gasteiger partial charge < -0.3 is 9.64 Å². The summed E-state index contributed by atoms with van der Waals surface area (Å²) in [6.07, 6.45) is 1.51. The van der Waals surface area contributed by atoms with Gasteiger partial charge in [0.15, 0.2) is 4.96 Å². The van der Waals surface area contributed by atoms with Gasteiger partial charge in [0.25, 0.3) is 5.56 Å². The molecule has 9 nitrogen and oxygen atoms in total. The monoisotopic (exact) mass is 533 g/mol. The molecule has 1 saturated heterocycles. The zero-order valence-electron chi connectivity index (χ0n) is 22.1. The Hall–Kier alpha value is -3.79. The second kappa shape index (κ2) is 10.5. The third-order valence-corrected chi connectivity index (χ3v) is 7.81. The van der Waals surface area contributed by atoms with Crippen molar-refractivity contribution < 1.29 is 14.3 Å². The van der Waals surface area contributed by atoms with Gasteiger partial charge in [-0.1, -0.05) is 12.1 Å². The first kappa shape index (κ1) is 25.8. The lowest BCUT2D eigenvalue weighted by molar-refractivity contribution is -0.151. The van der Waals surface area contributed by atoms with E-state index in [4.69, 9.17) is 9.84 Å². The van der Waals surface area contributed by atoms with Gasteiger partial charge in [0.2, 0.25) is 5.91 Å². The lowest BCUT2D eigenvalue weighted by Gasteiger charge is -2.31. The molecule has 0 aliphatic carbocycles. The van der Waals surface area contributed by atoms with Gasteiger partial charge in [0.05, 0.1) is 35.9 Å². The van der Waals surface area contributed by atoms with Crippen LogP contribution in [0.5, 0.6) is 0 Å². The molecule has 3 aromatic heterocycles. The molecule has 1 aliphatic heterocycles. The van der Waals surface area contributed by atoms with Crippen molar-refractivity contribution in [3.63, 3.8) is 0 Å². The fraction of sp³-hybridized carbons (Fsp3) is 0.393. The SMILES string of the molecule is CCOC(=O)C1CCCN(C(=O)Cc2csc3nc(C)c(-c4cc(C)n(-c5cccc(C)c5)n4)c(=O)n23)C1. The number of carbonyl (C=O) groups is 2. The van der Waals surface area contributed by atoms with E-state index >= 15 is 0 Å². The first-order chi connectivity index (χ1) is 18.3. The van der Waals surface area contributed by atoms with Crippen LogP contribution in [0.4, 0.5) is 0 Å². The van der Waals surface area contributed by atoms with Crippen LogP contribution in [0.1, 0.15) is 42.4 Å². The third kappa shape index (κ3) is 4.88. The van der Waals surface area contributed by atoms with Crippen molar-refractivity contribution >= 4 is 28.2 Å². The molecular weight excluding hydrogens is 502 g/mol. The molecule has 1 atom stereocenters. The maximum absolute atomic E-state index is 13.8. The summed E-state index contributed by atoms with van der Waals surface area (Å²) in [5.41, 5.74) is 4.84. The summed E-state index contributed by atoms with van der Waals surface area (Å²) in [6.45, 7) is 8.82. The molecule has 4 heterocycles. The Morgan fingerprint density at radius 2 is 2.00 bits per heavy atom. The summed E-state index contributed by atoms with van der Waals surface area (Å²) < 4.78 is 8.51. The van der Waals surface area contributed by atoms with E-state index in [0.717, 1.165) is 23.4 Å². The highest BCUT2D eigenvalue weighted by Crippen LogP contribution is 2.25. The molecule has 5 rings (SSSR count). The van der Waals surface area contributed by atoms with Gasteiger partial charge in [0.1, 0.15) is 5.69 Å². The topological polar surface area (TPSA) is 98.8 Å². The summed E-state index contributed by atoms with van der Waals surface area (Å²) >= 11 is 1.34. The predicted octanol–water partition coefficient (Wildman–Crippen LogP) is 3.88. The number of fused-ring (bicyclic) bond motifs is 1. The molecule has 0 N–H and O–H groups in total. The van der Waals surface area contributed by atoms with Gasteiger partial charge in [-0.15, -0.1) is 11.3 Å². The quantitative estimate of drug-likeness (QED) is 0.349. The van der Waals surface area contributed by atoms with Gasteiger partial charge >= 0.3 is 5.97 Å². The number of benzene rings is 1. The molecule has 1 unspecified atom stereocenters. The van der Waals surface area contributed by atoms with E-state index in [0.29, 0.717) is 53.7 Å². The second-order valence-electron chi connectivity index (χ2n) is 9.75. The van der Waals surface area contributed by atoms with Gasteiger partial charge in [-0.2, -0.15) is 5.10 Å². The fourth-order valence-electron chi connectivity index (χ4n) is 5.06. The molecular formula is C28H31N5O4S. The van der Waals surface area contributed by atoms with Crippen molar-refractivity contribution in [2.45, 2.75) is 47.0 Å². The number of ether oxygens (including phenoxy) is 1. The van der Waals surface area contributed by atoms with Gasteiger partial charge in [0, 0.05) is 29.9 Å². The number of aromatic nitrogens is 4. The summed E-state index contributed by atoms with van der Waals surface area (Å²) in [4.78, 5) is 46.2. The average Bonchev–Trinajstić information content (AvgIpc) is 3.47. The van der Waals surface area contributed by atoms with E-state index in [1.807, 2.05) is 61.2 Å². The predicted molar refractivity (Wildman–Crippen MR) is 146 cm³/mol. The summed E-state index contributed by atoms with van der Waals surface area (Å²) in [5, 5.41) is 6.57. The third-order valence-electron chi connectivity index (χ3n) is 6.94. The smallest absolute Gasteiger partial charge is 0.310 e. The minimum absolute atomic E-state index is 0.0520. The van der Waals surface area contributed by atoms with E-state index in [2.05, 4.69) is 4.98 Å². The van der Waals surface area contributed by atoms with Gasteiger partial charge in [-0.3, -0.25) is 18.8 Å². The van der Waals surface area contributed by atoms with Crippen molar-refractivity contribution in [2.24, 2.45) is 5.92 Å². The maximum atomic E-state index is 13.8. The molecule has 198 valence electrons. The van der Waals surface area contributed by atoms with Crippen LogP contribution in [0.25, 0.3) is 21.9 Å². The van der Waals surface area contributed by atoms with E-state index < -0.39 is 0 Å². The first-order valence-corrected chi connectivity index (χ1v) is 13.7. The van der Waals surface area contributed by atoms with Crippen molar-refractivity contribution in [1.29, 1.82) is 0 Å². The molecule has 0 bridgehead atoms. The van der Waals surface area contributed by atoms with Crippen molar-refractivity contribution in [1.82, 2.24) is 24.1 Å². The number of nitrogens with zero attached hydrogens (tertiary/aromatic N) is 5. The average molecular weight is 534 g/mol. The van der Waals surface area contributed by atoms with Gasteiger partial charge in [-0.05, 0) is 64.3 Å². The number of carbonyl (C=O) groups excluding carboxylic acids is 2. The summed E-state index contributed by atoms with van der Waals surface area (Å²) in [5.74, 6) is -0.684. The van der Waals surface area contributed by atoms with E-state index in [9.17, 15) is 14.4 Å². The summed E-state index contributed by atoms with van der Waals surface area (Å²) in [6, 6.07) is 9.91. The lowest BCUT2D eigenvalue weighted by Crippen LogP contribution is -2.43. The van der Waals surface area contributed by atoms with Crippen LogP contribution in [-0.4, -0.2) is 55.6 Å². The maximum Gasteiger partial charge on any atom is 0.310 e. The Kier molecular flexibility index (Phi) is 7.16. The molecule has 0 spiro atoms. The highest BCUT2D eigenvalue weighted by Gasteiger charge is 2.30. The number of hydrogen-bond acceptors (Lipinski definition) is 7. The van der Waals surface area contributed by atoms with Crippen molar-refractivity contribution in [3.8, 4) is 16.9 Å². The molecule has 1 aliphatic rings. The Labute approximate surface area is 224 Å². The molecule has 10 heteroatoms. The van der Waals surface area contributed by atoms with Crippen LogP contribution in [0.3, 0.4) is 0 Å². The highest BCUT2D eigenvalue weighted by molar-refractivity contribution is 7.15. The van der Waals surface area contributed by atoms with Crippen molar-refractivity contribution in [2.75, 3.05) is 19.7 Å². The Morgan fingerprint density at radius 3 is 2.76 bits per heavy atom. The van der Waals surface area contributed by atoms with Crippen LogP contribution in [0, 0.1) is 26.7 Å². The van der Waals surface area contributed by atoms with Crippen LogP contribution >= 0.6 is 11.3 Å². The summed E-state index contributed by atoms with van der Waals surface area (Å²) in [7, 11) is 0. The largest absolute Gasteiger partial charge is 0.466 e. The molecule has 1 amide bonds. The van der Waals surface area contributed by atoms with E-state index in [1.54, 1.807) is 11.8 Å². The minimum Gasteiger partial charge on any atom is -0.466 e. The Morgan fingerprint density at radius 1 is 1.18 bits per heavy atom. The Balaban J connectivity index is 1.46. The molecule has 0 radical (unpaired) electrons. The van der Waals surface area contributed by atoms with Crippen molar-refractivity contribution in [3.05, 3.63) is 68.7 Å². The molecule has 4 aromatic rings. The molecule has 1 fully saturated rings. The number of piperidine rings is 1. The Bertz CT molecular complexity index is 1580. The fourth-order valence-corrected chi connectivity index (χ4v) is 5.99. The van der Waals surface area contributed by atoms with Crippen LogP contribution in [0.15, 0.2) is 40.5 Å². The lowest BCUT2D eigenvalue weighted by atomic mass is 9.98.